The van der Waals surface area contributed by atoms with E-state index in [2.05, 4.69) is 0 Å². The van der Waals surface area contributed by atoms with Crippen molar-refractivity contribution >= 4 is 11.9 Å². The maximum absolute atomic E-state index is 12.6. The van der Waals surface area contributed by atoms with Gasteiger partial charge in [-0.1, -0.05) is 18.2 Å². The van der Waals surface area contributed by atoms with Crippen LogP contribution in [0.4, 0.5) is 0 Å². The van der Waals surface area contributed by atoms with Crippen LogP contribution in [0.3, 0.4) is 0 Å². The quantitative estimate of drug-likeness (QED) is 0.613. The van der Waals surface area contributed by atoms with Gasteiger partial charge in [0.2, 0.25) is 5.75 Å². The molecule has 0 atom stereocenters. The molecule has 0 saturated carbocycles. The highest BCUT2D eigenvalue weighted by atomic mass is 16.5. The lowest BCUT2D eigenvalue weighted by Gasteiger charge is -2.15. The molecular weight excluding hydrogens is 324 g/mol. The average Bonchev–Trinajstić information content (AvgIpc) is 2.65. The minimum atomic E-state index is -0.432. The number of phenols is 1. The first kappa shape index (κ1) is 18.2. The Kier molecular flexibility index (Phi) is 5.89. The van der Waals surface area contributed by atoms with Gasteiger partial charge in [0.1, 0.15) is 17.1 Å². The summed E-state index contributed by atoms with van der Waals surface area (Å²) in [5, 5.41) is 10.4. The van der Waals surface area contributed by atoms with Gasteiger partial charge in [0, 0.05) is 6.07 Å². The summed E-state index contributed by atoms with van der Waals surface area (Å²) in [5.41, 5.74) is 0.783. The number of carbonyl (C=O) groups is 1. The van der Waals surface area contributed by atoms with E-state index in [1.165, 1.54) is 33.5 Å². The van der Waals surface area contributed by atoms with Crippen molar-refractivity contribution in [3.8, 4) is 28.7 Å². The minimum absolute atomic E-state index is 0.000652. The van der Waals surface area contributed by atoms with Crippen LogP contribution < -0.4 is 18.9 Å². The molecule has 1 N–H and O–H groups in total. The number of ketones is 1. The third kappa shape index (κ3) is 3.85. The normalized spacial score (nSPS) is 10.6. The zero-order valence-electron chi connectivity index (χ0n) is 14.5. The maximum Gasteiger partial charge on any atom is 0.204 e. The van der Waals surface area contributed by atoms with Crippen molar-refractivity contribution < 1.29 is 28.8 Å². The molecule has 0 radical (unpaired) electrons. The first-order chi connectivity index (χ1) is 12.0. The second-order valence-corrected chi connectivity index (χ2v) is 5.01. The Labute approximate surface area is 146 Å². The van der Waals surface area contributed by atoms with E-state index in [1.54, 1.807) is 19.3 Å². The number of methoxy groups -OCH3 is 4. The van der Waals surface area contributed by atoms with Gasteiger partial charge in [-0.25, -0.2) is 0 Å². The Hall–Kier alpha value is -3.15. The van der Waals surface area contributed by atoms with Gasteiger partial charge in [-0.3, -0.25) is 4.79 Å². The van der Waals surface area contributed by atoms with E-state index in [0.717, 1.165) is 5.56 Å². The summed E-state index contributed by atoms with van der Waals surface area (Å²) in [7, 11) is 5.79. The molecule has 25 heavy (non-hydrogen) atoms. The van der Waals surface area contributed by atoms with E-state index in [1.807, 2.05) is 18.2 Å². The summed E-state index contributed by atoms with van der Waals surface area (Å²) in [5.74, 6) is 0.445. The molecule has 0 aliphatic rings. The Morgan fingerprint density at radius 1 is 0.960 bits per heavy atom. The topological polar surface area (TPSA) is 74.2 Å². The highest BCUT2D eigenvalue weighted by molar-refractivity contribution is 6.11. The molecule has 0 amide bonds. The number of hydrogen-bond acceptors (Lipinski definition) is 6. The molecule has 0 bridgehead atoms. The smallest absolute Gasteiger partial charge is 0.204 e. The van der Waals surface area contributed by atoms with Crippen LogP contribution in [0, 0.1) is 0 Å². The van der Waals surface area contributed by atoms with Gasteiger partial charge < -0.3 is 24.1 Å². The molecule has 0 spiro atoms. The fraction of sp³-hybridized carbons (Fsp3) is 0.211. The summed E-state index contributed by atoms with van der Waals surface area (Å²) in [6, 6.07) is 8.73. The number of benzene rings is 2. The molecule has 0 aliphatic heterocycles. The maximum atomic E-state index is 12.6. The number of aromatic hydroxyl groups is 1. The van der Waals surface area contributed by atoms with Crippen molar-refractivity contribution in [1.29, 1.82) is 0 Å². The fourth-order valence-corrected chi connectivity index (χ4v) is 2.35. The van der Waals surface area contributed by atoms with Crippen LogP contribution in [0.2, 0.25) is 0 Å². The number of phenolic OH excluding ortho intramolecular Hbond substituents is 1. The van der Waals surface area contributed by atoms with Gasteiger partial charge in [0.15, 0.2) is 17.3 Å². The second-order valence-electron chi connectivity index (χ2n) is 5.01. The number of rotatable bonds is 7. The number of carbonyl (C=O) groups excluding carboxylic acids is 1. The molecule has 6 heteroatoms. The van der Waals surface area contributed by atoms with Gasteiger partial charge in [-0.15, -0.1) is 0 Å². The zero-order chi connectivity index (χ0) is 18.4. The Morgan fingerprint density at radius 2 is 1.68 bits per heavy atom. The molecule has 0 saturated heterocycles. The van der Waals surface area contributed by atoms with E-state index in [0.29, 0.717) is 5.75 Å². The lowest BCUT2D eigenvalue weighted by molar-refractivity contribution is 0.104. The lowest BCUT2D eigenvalue weighted by atomic mass is 10.0. The van der Waals surface area contributed by atoms with Crippen molar-refractivity contribution in [2.24, 2.45) is 0 Å². The number of allylic oxidation sites excluding steroid dienone is 1. The van der Waals surface area contributed by atoms with Gasteiger partial charge in [-0.05, 0) is 23.8 Å². The van der Waals surface area contributed by atoms with Crippen LogP contribution in [0.1, 0.15) is 15.9 Å². The first-order valence-electron chi connectivity index (χ1n) is 7.44. The van der Waals surface area contributed by atoms with Gasteiger partial charge in [0.25, 0.3) is 0 Å². The Balaban J connectivity index is 2.42. The van der Waals surface area contributed by atoms with E-state index in [9.17, 15) is 9.90 Å². The van der Waals surface area contributed by atoms with E-state index < -0.39 is 5.78 Å². The summed E-state index contributed by atoms with van der Waals surface area (Å²) >= 11 is 0. The minimum Gasteiger partial charge on any atom is -0.504 e. The second kappa shape index (κ2) is 8.10. The molecule has 0 fully saturated rings. The summed E-state index contributed by atoms with van der Waals surface area (Å²) < 4.78 is 20.6. The van der Waals surface area contributed by atoms with Crippen LogP contribution in [0.5, 0.6) is 28.7 Å². The van der Waals surface area contributed by atoms with Crippen molar-refractivity contribution in [2.75, 3.05) is 28.4 Å². The van der Waals surface area contributed by atoms with Crippen LogP contribution in [0.15, 0.2) is 36.4 Å². The predicted molar refractivity (Wildman–Crippen MR) is 94.1 cm³/mol. The molecule has 0 aromatic heterocycles. The largest absolute Gasteiger partial charge is 0.504 e. The molecule has 6 nitrogen and oxygen atoms in total. The van der Waals surface area contributed by atoms with Crippen LogP contribution in [-0.2, 0) is 0 Å². The first-order valence-corrected chi connectivity index (χ1v) is 7.44. The van der Waals surface area contributed by atoms with Crippen molar-refractivity contribution in [2.45, 2.75) is 0 Å². The Morgan fingerprint density at radius 3 is 2.28 bits per heavy atom. The third-order valence-corrected chi connectivity index (χ3v) is 3.60. The van der Waals surface area contributed by atoms with Gasteiger partial charge >= 0.3 is 0 Å². The van der Waals surface area contributed by atoms with Gasteiger partial charge in [-0.2, -0.15) is 0 Å². The summed E-state index contributed by atoms with van der Waals surface area (Å²) in [6.45, 7) is 0. The van der Waals surface area contributed by atoms with E-state index in [-0.39, 0.29) is 28.6 Å². The highest BCUT2D eigenvalue weighted by Crippen LogP contribution is 2.44. The van der Waals surface area contributed by atoms with Crippen molar-refractivity contribution in [3.05, 3.63) is 47.5 Å². The average molecular weight is 344 g/mol. The Bertz CT molecular complexity index is 795. The summed E-state index contributed by atoms with van der Waals surface area (Å²) in [4.78, 5) is 12.6. The van der Waals surface area contributed by atoms with E-state index in [4.69, 9.17) is 18.9 Å². The third-order valence-electron chi connectivity index (χ3n) is 3.60. The molecule has 0 unspecified atom stereocenters. The number of hydrogen-bond donors (Lipinski definition) is 1. The predicted octanol–water partition coefficient (Wildman–Crippen LogP) is 3.32. The highest BCUT2D eigenvalue weighted by Gasteiger charge is 2.23. The van der Waals surface area contributed by atoms with Crippen LogP contribution in [0.25, 0.3) is 6.08 Å². The molecule has 132 valence electrons. The van der Waals surface area contributed by atoms with Crippen LogP contribution in [-0.4, -0.2) is 39.3 Å². The SMILES string of the molecule is COc1cccc(C=CC(=O)c2c(OC)cc(OC)c(OC)c2O)c1. The summed E-state index contributed by atoms with van der Waals surface area (Å²) in [6.07, 6.45) is 2.97. The van der Waals surface area contributed by atoms with Crippen molar-refractivity contribution in [3.63, 3.8) is 0 Å². The molecular formula is C19H20O6. The number of ether oxygens (including phenoxy) is 4. The standard InChI is InChI=1S/C19H20O6/c1-22-13-7-5-6-12(10-13)8-9-14(20)17-15(23-2)11-16(24-3)19(25-4)18(17)21/h5-11,21H,1-4H3. The fourth-order valence-electron chi connectivity index (χ4n) is 2.35. The molecule has 0 heterocycles. The van der Waals surface area contributed by atoms with Gasteiger partial charge in [0.05, 0.1) is 28.4 Å². The van der Waals surface area contributed by atoms with E-state index >= 15 is 0 Å². The lowest BCUT2D eigenvalue weighted by Crippen LogP contribution is -2.03. The zero-order valence-corrected chi connectivity index (χ0v) is 14.5. The van der Waals surface area contributed by atoms with Crippen LogP contribution >= 0.6 is 0 Å². The molecule has 2 rings (SSSR count). The monoisotopic (exact) mass is 344 g/mol. The molecule has 2 aromatic carbocycles. The molecule has 0 aliphatic carbocycles. The molecule has 2 aromatic rings. The van der Waals surface area contributed by atoms with Crippen molar-refractivity contribution in [1.82, 2.24) is 0 Å².